The van der Waals surface area contributed by atoms with Gasteiger partial charge in [-0.1, -0.05) is 42.5 Å². The molecule has 0 saturated carbocycles. The zero-order valence-electron chi connectivity index (χ0n) is 18.5. The van der Waals surface area contributed by atoms with Crippen LogP contribution in [0.15, 0.2) is 54.6 Å². The Bertz CT molecular complexity index is 1130. The first kappa shape index (κ1) is 23.0. The molecule has 0 aliphatic heterocycles. The molecule has 0 saturated heterocycles. The summed E-state index contributed by atoms with van der Waals surface area (Å²) in [5, 5.41) is 6.41. The third-order valence-electron chi connectivity index (χ3n) is 5.69. The first-order chi connectivity index (χ1) is 16.0. The first-order valence-electron chi connectivity index (χ1n) is 11.2. The summed E-state index contributed by atoms with van der Waals surface area (Å²) in [6.07, 6.45) is 3.63. The summed E-state index contributed by atoms with van der Waals surface area (Å²) in [5.74, 6) is -1.11. The van der Waals surface area contributed by atoms with Crippen molar-refractivity contribution in [1.29, 1.82) is 0 Å². The Balaban J connectivity index is 1.47. The molecule has 0 radical (unpaired) electrons. The summed E-state index contributed by atoms with van der Waals surface area (Å²) in [5.41, 5.74) is 2.73. The molecule has 1 atom stereocenters. The molecule has 3 aromatic rings. The fourth-order valence-corrected chi connectivity index (χ4v) is 5.24. The summed E-state index contributed by atoms with van der Waals surface area (Å²) in [7, 11) is 0. The Labute approximate surface area is 197 Å². The number of ether oxygens (including phenoxy) is 1. The third-order valence-corrected chi connectivity index (χ3v) is 6.89. The smallest absolute Gasteiger partial charge is 0.265 e. The number of rotatable bonds is 8. The Hall–Kier alpha value is -3.19. The first-order valence-corrected chi connectivity index (χ1v) is 12.0. The van der Waals surface area contributed by atoms with Gasteiger partial charge in [-0.25, -0.2) is 4.39 Å². The molecule has 0 bridgehead atoms. The molecule has 0 fully saturated rings. The molecule has 2 aromatic carbocycles. The molecule has 7 heteroatoms. The van der Waals surface area contributed by atoms with Crippen molar-refractivity contribution in [2.45, 2.75) is 45.1 Å². The molecule has 33 heavy (non-hydrogen) atoms. The number of hydrogen-bond acceptors (Lipinski definition) is 4. The van der Waals surface area contributed by atoms with E-state index in [1.165, 1.54) is 23.5 Å². The van der Waals surface area contributed by atoms with Crippen LogP contribution < -0.4 is 15.4 Å². The van der Waals surface area contributed by atoms with E-state index < -0.39 is 17.8 Å². The van der Waals surface area contributed by atoms with Crippen LogP contribution in [0, 0.1) is 5.82 Å². The van der Waals surface area contributed by atoms with E-state index in [-0.39, 0.29) is 11.7 Å². The zero-order chi connectivity index (χ0) is 23.2. The van der Waals surface area contributed by atoms with Gasteiger partial charge in [0.1, 0.15) is 5.00 Å². The topological polar surface area (TPSA) is 67.4 Å². The highest BCUT2D eigenvalue weighted by atomic mass is 32.1. The van der Waals surface area contributed by atoms with Gasteiger partial charge in [-0.15, -0.1) is 11.3 Å². The quantitative estimate of drug-likeness (QED) is 0.483. The van der Waals surface area contributed by atoms with Crippen molar-refractivity contribution in [3.8, 4) is 5.75 Å². The van der Waals surface area contributed by atoms with E-state index in [0.717, 1.165) is 48.1 Å². The number of fused-ring (bicyclic) bond motifs is 1. The summed E-state index contributed by atoms with van der Waals surface area (Å²) < 4.78 is 19.4. The van der Waals surface area contributed by atoms with Crippen LogP contribution in [-0.2, 0) is 24.1 Å². The van der Waals surface area contributed by atoms with E-state index in [0.29, 0.717) is 17.1 Å². The molecule has 2 N–H and O–H groups in total. The molecule has 1 aliphatic carbocycles. The van der Waals surface area contributed by atoms with Crippen LogP contribution in [0.2, 0.25) is 0 Å². The van der Waals surface area contributed by atoms with Gasteiger partial charge in [0.2, 0.25) is 0 Å². The molecule has 2 amide bonds. The van der Waals surface area contributed by atoms with Crippen molar-refractivity contribution in [3.05, 3.63) is 82.0 Å². The number of amides is 2. The lowest BCUT2D eigenvalue weighted by Crippen LogP contribution is -2.32. The Morgan fingerprint density at radius 1 is 1.06 bits per heavy atom. The monoisotopic (exact) mass is 466 g/mol. The predicted octanol–water partition coefficient (Wildman–Crippen LogP) is 5.14. The van der Waals surface area contributed by atoms with E-state index in [1.807, 2.05) is 30.3 Å². The van der Waals surface area contributed by atoms with Gasteiger partial charge in [0.05, 0.1) is 5.56 Å². The van der Waals surface area contributed by atoms with Gasteiger partial charge in [-0.3, -0.25) is 9.59 Å². The van der Waals surface area contributed by atoms with Crippen LogP contribution in [0.5, 0.6) is 5.75 Å². The van der Waals surface area contributed by atoms with Gasteiger partial charge >= 0.3 is 0 Å². The highest BCUT2D eigenvalue weighted by molar-refractivity contribution is 7.17. The number of aryl methyl sites for hydroxylation is 1. The molecule has 1 aromatic heterocycles. The summed E-state index contributed by atoms with van der Waals surface area (Å²) >= 11 is 1.45. The van der Waals surface area contributed by atoms with Crippen LogP contribution in [-0.4, -0.2) is 24.5 Å². The maximum Gasteiger partial charge on any atom is 0.265 e. The van der Waals surface area contributed by atoms with Crippen molar-refractivity contribution in [1.82, 2.24) is 5.32 Å². The number of carbonyl (C=O) groups is 2. The molecule has 4 rings (SSSR count). The molecule has 0 spiro atoms. The molecule has 172 valence electrons. The standard InChI is InChI=1S/C26H27FN2O3S/c1-17(32-21-13-7-6-12-20(21)27)24(30)29-26-23(19-11-5-8-14-22(19)33-26)25(31)28-16-15-18-9-3-2-4-10-18/h2-4,6-7,9-10,12-13,17H,5,8,11,14-16H2,1H3,(H,28,31)(H,29,30). The van der Waals surface area contributed by atoms with E-state index in [2.05, 4.69) is 10.6 Å². The van der Waals surface area contributed by atoms with Crippen molar-refractivity contribution < 1.29 is 18.7 Å². The fraction of sp³-hybridized carbons (Fsp3) is 0.308. The van der Waals surface area contributed by atoms with Gasteiger partial charge < -0.3 is 15.4 Å². The number of para-hydroxylation sites is 1. The second-order valence-electron chi connectivity index (χ2n) is 8.09. The average Bonchev–Trinajstić information content (AvgIpc) is 3.19. The second kappa shape index (κ2) is 10.6. The SMILES string of the molecule is CC(Oc1ccccc1F)C(=O)Nc1sc2c(c1C(=O)NCCc1ccccc1)CCCC2. The minimum atomic E-state index is -0.921. The summed E-state index contributed by atoms with van der Waals surface area (Å²) in [6.45, 7) is 2.07. The number of anilines is 1. The van der Waals surface area contributed by atoms with E-state index in [1.54, 1.807) is 19.1 Å². The van der Waals surface area contributed by atoms with Crippen molar-refractivity contribution in [2.24, 2.45) is 0 Å². The van der Waals surface area contributed by atoms with Crippen molar-refractivity contribution in [2.75, 3.05) is 11.9 Å². The lowest BCUT2D eigenvalue weighted by molar-refractivity contribution is -0.122. The van der Waals surface area contributed by atoms with Gasteiger partial charge in [-0.05, 0) is 62.3 Å². The van der Waals surface area contributed by atoms with Gasteiger partial charge in [0.15, 0.2) is 17.7 Å². The average molecular weight is 467 g/mol. The summed E-state index contributed by atoms with van der Waals surface area (Å²) in [4.78, 5) is 27.1. The van der Waals surface area contributed by atoms with Crippen LogP contribution in [0.1, 0.15) is 46.1 Å². The Kier molecular flexibility index (Phi) is 7.40. The van der Waals surface area contributed by atoms with Gasteiger partial charge in [-0.2, -0.15) is 0 Å². The Morgan fingerprint density at radius 2 is 1.79 bits per heavy atom. The number of halogens is 1. The number of carbonyl (C=O) groups excluding carboxylic acids is 2. The van der Waals surface area contributed by atoms with E-state index >= 15 is 0 Å². The van der Waals surface area contributed by atoms with Gasteiger partial charge in [0, 0.05) is 11.4 Å². The largest absolute Gasteiger partial charge is 0.478 e. The minimum absolute atomic E-state index is 0.0181. The van der Waals surface area contributed by atoms with Crippen LogP contribution in [0.4, 0.5) is 9.39 Å². The van der Waals surface area contributed by atoms with Crippen LogP contribution in [0.25, 0.3) is 0 Å². The predicted molar refractivity (Wildman–Crippen MR) is 129 cm³/mol. The minimum Gasteiger partial charge on any atom is -0.478 e. The van der Waals surface area contributed by atoms with E-state index in [9.17, 15) is 14.0 Å². The zero-order valence-corrected chi connectivity index (χ0v) is 19.3. The number of hydrogen-bond donors (Lipinski definition) is 2. The highest BCUT2D eigenvalue weighted by Crippen LogP contribution is 2.38. The van der Waals surface area contributed by atoms with E-state index in [4.69, 9.17) is 4.74 Å². The molecule has 5 nitrogen and oxygen atoms in total. The lowest BCUT2D eigenvalue weighted by Gasteiger charge is -2.16. The number of thiophene rings is 1. The second-order valence-corrected chi connectivity index (χ2v) is 9.19. The molecular weight excluding hydrogens is 439 g/mol. The summed E-state index contributed by atoms with van der Waals surface area (Å²) in [6, 6.07) is 15.9. The molecule has 1 heterocycles. The Morgan fingerprint density at radius 3 is 2.58 bits per heavy atom. The number of nitrogens with one attached hydrogen (secondary N) is 2. The van der Waals surface area contributed by atoms with Crippen molar-refractivity contribution in [3.63, 3.8) is 0 Å². The number of benzene rings is 2. The fourth-order valence-electron chi connectivity index (χ4n) is 3.95. The van der Waals surface area contributed by atoms with Gasteiger partial charge in [0.25, 0.3) is 11.8 Å². The highest BCUT2D eigenvalue weighted by Gasteiger charge is 2.27. The van der Waals surface area contributed by atoms with Crippen LogP contribution >= 0.6 is 11.3 Å². The normalized spacial score (nSPS) is 13.6. The third kappa shape index (κ3) is 5.60. The van der Waals surface area contributed by atoms with Crippen LogP contribution in [0.3, 0.4) is 0 Å². The molecule has 1 unspecified atom stereocenters. The maximum absolute atomic E-state index is 13.9. The van der Waals surface area contributed by atoms with Crippen molar-refractivity contribution >= 4 is 28.2 Å². The maximum atomic E-state index is 13.9. The molecular formula is C26H27FN2O3S. The lowest BCUT2D eigenvalue weighted by atomic mass is 9.95. The molecule has 1 aliphatic rings.